The molecule has 1 heterocycles. The van der Waals surface area contributed by atoms with Crippen LogP contribution in [0.2, 0.25) is 0 Å². The first kappa shape index (κ1) is 14.4. The van der Waals surface area contributed by atoms with Crippen molar-refractivity contribution < 1.29 is 9.21 Å². The van der Waals surface area contributed by atoms with Gasteiger partial charge in [0.05, 0.1) is 6.26 Å². The van der Waals surface area contributed by atoms with Crippen LogP contribution in [0.1, 0.15) is 35.7 Å². The van der Waals surface area contributed by atoms with Crippen LogP contribution in [0, 0.1) is 0 Å². The molecule has 0 bridgehead atoms. The van der Waals surface area contributed by atoms with Gasteiger partial charge < -0.3 is 9.73 Å². The van der Waals surface area contributed by atoms with Gasteiger partial charge in [0.2, 0.25) is 0 Å². The van der Waals surface area contributed by atoms with Gasteiger partial charge in [0, 0.05) is 16.6 Å². The molecule has 0 atom stereocenters. The van der Waals surface area contributed by atoms with Gasteiger partial charge in [-0.3, -0.25) is 4.79 Å². The molecule has 1 amide bonds. The molecule has 0 saturated heterocycles. The number of hydrogen-bond acceptors (Lipinski definition) is 2. The first-order valence-corrected chi connectivity index (χ1v) is 7.64. The SMILES string of the molecule is CCCCc1ccc(C(=O)Nc2ccc3occc3c2)cc1. The standard InChI is InChI=1S/C19H19NO2/c1-2-3-4-14-5-7-15(8-6-14)19(21)20-17-9-10-18-16(13-17)11-12-22-18/h5-13H,2-4H2,1H3,(H,20,21). The summed E-state index contributed by atoms with van der Waals surface area (Å²) in [4.78, 5) is 12.3. The Morgan fingerprint density at radius 1 is 1.09 bits per heavy atom. The van der Waals surface area contributed by atoms with Crippen LogP contribution in [0.3, 0.4) is 0 Å². The third-order valence-electron chi connectivity index (χ3n) is 3.75. The molecular formula is C19H19NO2. The highest BCUT2D eigenvalue weighted by molar-refractivity contribution is 6.05. The molecule has 3 nitrogen and oxygen atoms in total. The van der Waals surface area contributed by atoms with E-state index >= 15 is 0 Å². The zero-order valence-corrected chi connectivity index (χ0v) is 12.6. The average molecular weight is 293 g/mol. The molecule has 112 valence electrons. The summed E-state index contributed by atoms with van der Waals surface area (Å²) in [6.45, 7) is 2.18. The molecule has 3 aromatic rings. The van der Waals surface area contributed by atoms with Crippen LogP contribution in [0.5, 0.6) is 0 Å². The summed E-state index contributed by atoms with van der Waals surface area (Å²) in [6, 6.07) is 15.3. The van der Waals surface area contributed by atoms with E-state index in [9.17, 15) is 4.79 Å². The quantitative estimate of drug-likeness (QED) is 0.717. The molecule has 0 saturated carbocycles. The van der Waals surface area contributed by atoms with Crippen molar-refractivity contribution in [2.45, 2.75) is 26.2 Å². The first-order valence-electron chi connectivity index (χ1n) is 7.64. The summed E-state index contributed by atoms with van der Waals surface area (Å²) < 4.78 is 5.30. The minimum Gasteiger partial charge on any atom is -0.464 e. The molecular weight excluding hydrogens is 274 g/mol. The molecule has 0 aliphatic rings. The van der Waals surface area contributed by atoms with Crippen LogP contribution >= 0.6 is 0 Å². The van der Waals surface area contributed by atoms with Gasteiger partial charge in [-0.05, 0) is 54.8 Å². The van der Waals surface area contributed by atoms with Crippen molar-refractivity contribution in [3.63, 3.8) is 0 Å². The molecule has 1 N–H and O–H groups in total. The van der Waals surface area contributed by atoms with Crippen LogP contribution in [-0.2, 0) is 6.42 Å². The predicted octanol–water partition coefficient (Wildman–Crippen LogP) is 5.03. The Morgan fingerprint density at radius 3 is 2.68 bits per heavy atom. The lowest BCUT2D eigenvalue weighted by molar-refractivity contribution is 0.102. The monoisotopic (exact) mass is 293 g/mol. The maximum atomic E-state index is 12.3. The van der Waals surface area contributed by atoms with Crippen molar-refractivity contribution in [2.75, 3.05) is 5.32 Å². The number of fused-ring (bicyclic) bond motifs is 1. The number of aryl methyl sites for hydroxylation is 1. The summed E-state index contributed by atoms with van der Waals surface area (Å²) in [7, 11) is 0. The zero-order chi connectivity index (χ0) is 15.4. The fourth-order valence-corrected chi connectivity index (χ4v) is 2.45. The number of benzene rings is 2. The summed E-state index contributed by atoms with van der Waals surface area (Å²) in [5.41, 5.74) is 3.54. The average Bonchev–Trinajstić information content (AvgIpc) is 3.01. The summed E-state index contributed by atoms with van der Waals surface area (Å²) in [6.07, 6.45) is 5.07. The van der Waals surface area contributed by atoms with E-state index in [1.165, 1.54) is 18.4 Å². The molecule has 0 fully saturated rings. The van der Waals surface area contributed by atoms with Crippen molar-refractivity contribution in [1.82, 2.24) is 0 Å². The fourth-order valence-electron chi connectivity index (χ4n) is 2.45. The molecule has 0 unspecified atom stereocenters. The molecule has 0 radical (unpaired) electrons. The van der Waals surface area contributed by atoms with Crippen LogP contribution in [0.4, 0.5) is 5.69 Å². The third-order valence-corrected chi connectivity index (χ3v) is 3.75. The summed E-state index contributed by atoms with van der Waals surface area (Å²) >= 11 is 0. The third kappa shape index (κ3) is 3.19. The van der Waals surface area contributed by atoms with Crippen molar-refractivity contribution >= 4 is 22.6 Å². The van der Waals surface area contributed by atoms with Crippen molar-refractivity contribution in [3.05, 3.63) is 65.9 Å². The van der Waals surface area contributed by atoms with E-state index in [0.29, 0.717) is 5.56 Å². The highest BCUT2D eigenvalue weighted by atomic mass is 16.3. The number of carbonyl (C=O) groups excluding carboxylic acids is 1. The Labute approximate surface area is 130 Å². The lowest BCUT2D eigenvalue weighted by atomic mass is 10.1. The number of rotatable bonds is 5. The van der Waals surface area contributed by atoms with E-state index in [2.05, 4.69) is 12.2 Å². The van der Waals surface area contributed by atoms with Gasteiger partial charge in [0.25, 0.3) is 5.91 Å². The van der Waals surface area contributed by atoms with E-state index < -0.39 is 0 Å². The highest BCUT2D eigenvalue weighted by Gasteiger charge is 2.07. The molecule has 3 rings (SSSR count). The highest BCUT2D eigenvalue weighted by Crippen LogP contribution is 2.20. The smallest absolute Gasteiger partial charge is 0.255 e. The lowest BCUT2D eigenvalue weighted by Gasteiger charge is -2.06. The van der Waals surface area contributed by atoms with E-state index in [0.717, 1.165) is 23.1 Å². The molecule has 1 aromatic heterocycles. The molecule has 22 heavy (non-hydrogen) atoms. The number of carbonyl (C=O) groups is 1. The van der Waals surface area contributed by atoms with Gasteiger partial charge in [-0.1, -0.05) is 25.5 Å². The van der Waals surface area contributed by atoms with Crippen LogP contribution in [0.25, 0.3) is 11.0 Å². The second kappa shape index (κ2) is 6.48. The van der Waals surface area contributed by atoms with Crippen molar-refractivity contribution in [1.29, 1.82) is 0 Å². The molecule has 0 aliphatic heterocycles. The van der Waals surface area contributed by atoms with Gasteiger partial charge >= 0.3 is 0 Å². The van der Waals surface area contributed by atoms with Crippen LogP contribution in [-0.4, -0.2) is 5.91 Å². The fraction of sp³-hybridized carbons (Fsp3) is 0.211. The second-order valence-electron chi connectivity index (χ2n) is 5.43. The zero-order valence-electron chi connectivity index (χ0n) is 12.6. The van der Waals surface area contributed by atoms with E-state index in [1.54, 1.807) is 6.26 Å². The topological polar surface area (TPSA) is 42.2 Å². The Balaban J connectivity index is 1.70. The van der Waals surface area contributed by atoms with Gasteiger partial charge in [0.15, 0.2) is 0 Å². The Kier molecular flexibility index (Phi) is 4.24. The number of amides is 1. The van der Waals surface area contributed by atoms with E-state index in [4.69, 9.17) is 4.42 Å². The van der Waals surface area contributed by atoms with Crippen molar-refractivity contribution in [2.24, 2.45) is 0 Å². The van der Waals surface area contributed by atoms with Gasteiger partial charge in [0.1, 0.15) is 5.58 Å². The largest absolute Gasteiger partial charge is 0.464 e. The Hall–Kier alpha value is -2.55. The molecule has 2 aromatic carbocycles. The number of hydrogen-bond donors (Lipinski definition) is 1. The Morgan fingerprint density at radius 2 is 1.91 bits per heavy atom. The minimum absolute atomic E-state index is 0.0927. The maximum Gasteiger partial charge on any atom is 0.255 e. The first-order chi connectivity index (χ1) is 10.8. The van der Waals surface area contributed by atoms with Gasteiger partial charge in [-0.25, -0.2) is 0 Å². The number of nitrogens with one attached hydrogen (secondary N) is 1. The summed E-state index contributed by atoms with van der Waals surface area (Å²) in [5.74, 6) is -0.0927. The van der Waals surface area contributed by atoms with Gasteiger partial charge in [-0.2, -0.15) is 0 Å². The number of anilines is 1. The Bertz CT molecular complexity index is 771. The number of unbranched alkanes of at least 4 members (excludes halogenated alkanes) is 1. The number of furan rings is 1. The van der Waals surface area contributed by atoms with Gasteiger partial charge in [-0.15, -0.1) is 0 Å². The predicted molar refractivity (Wildman–Crippen MR) is 89.2 cm³/mol. The second-order valence-corrected chi connectivity index (χ2v) is 5.43. The van der Waals surface area contributed by atoms with Crippen LogP contribution < -0.4 is 5.32 Å². The summed E-state index contributed by atoms with van der Waals surface area (Å²) in [5, 5.41) is 3.90. The minimum atomic E-state index is -0.0927. The van der Waals surface area contributed by atoms with E-state index in [1.807, 2.05) is 48.5 Å². The lowest BCUT2D eigenvalue weighted by Crippen LogP contribution is -2.11. The maximum absolute atomic E-state index is 12.3. The normalized spacial score (nSPS) is 10.8. The van der Waals surface area contributed by atoms with Crippen LogP contribution in [0.15, 0.2) is 59.2 Å². The van der Waals surface area contributed by atoms with Crippen molar-refractivity contribution in [3.8, 4) is 0 Å². The molecule has 0 aliphatic carbocycles. The van der Waals surface area contributed by atoms with E-state index in [-0.39, 0.29) is 5.91 Å². The molecule has 0 spiro atoms. The molecule has 3 heteroatoms.